The number of hydrogen-bond donors (Lipinski definition) is 2. The Morgan fingerprint density at radius 3 is 2.62 bits per heavy atom. The van der Waals surface area contributed by atoms with Crippen LogP contribution in [-0.2, 0) is 16.0 Å². The monoisotopic (exact) mass is 372 g/mol. The second kappa shape index (κ2) is 7.40. The Labute approximate surface area is 158 Å². The van der Waals surface area contributed by atoms with Crippen LogP contribution in [0.3, 0.4) is 0 Å². The van der Waals surface area contributed by atoms with E-state index in [0.717, 1.165) is 22.5 Å². The van der Waals surface area contributed by atoms with E-state index in [1.54, 1.807) is 7.11 Å². The van der Waals surface area contributed by atoms with Crippen LogP contribution < -0.4 is 22.5 Å². The number of nitrogens with one attached hydrogen (secondary N) is 1. The number of halogens is 1. The molecule has 0 saturated carbocycles. The van der Waals surface area contributed by atoms with Gasteiger partial charge in [0.25, 0.3) is 0 Å². The molecule has 6 heteroatoms. The molecular formula is C20H21ClN2O3. The van der Waals surface area contributed by atoms with Crippen molar-refractivity contribution in [2.45, 2.75) is 18.5 Å². The number of carbonyl (C=O) groups is 1. The van der Waals surface area contributed by atoms with Crippen LogP contribution in [0.15, 0.2) is 48.5 Å². The first-order chi connectivity index (χ1) is 12.2. The summed E-state index contributed by atoms with van der Waals surface area (Å²) in [5.74, 6) is 0.620. The Morgan fingerprint density at radius 1 is 1.12 bits per heavy atom. The van der Waals surface area contributed by atoms with Crippen molar-refractivity contribution in [3.63, 3.8) is 0 Å². The van der Waals surface area contributed by atoms with Gasteiger partial charge < -0.3 is 32.2 Å². The molecular weight excluding hydrogens is 352 g/mol. The van der Waals surface area contributed by atoms with Crippen LogP contribution in [0, 0.1) is 0 Å². The Balaban J connectivity index is 0.00000196. The molecule has 4 rings (SSSR count). The van der Waals surface area contributed by atoms with Gasteiger partial charge in [0, 0.05) is 17.3 Å². The maximum absolute atomic E-state index is 12.3. The molecule has 0 aliphatic carbocycles. The highest BCUT2D eigenvalue weighted by Crippen LogP contribution is 2.35. The SMILES string of the molecule is COC(=O)C1Cc2c([nH]c3ccccc23)C(c2ccccc2OC)[NH2+]1.[Cl-]. The molecule has 3 N–H and O–H groups in total. The minimum atomic E-state index is -0.272. The third-order valence-electron chi connectivity index (χ3n) is 4.98. The van der Waals surface area contributed by atoms with E-state index >= 15 is 0 Å². The highest BCUT2D eigenvalue weighted by Gasteiger charge is 2.39. The lowest BCUT2D eigenvalue weighted by atomic mass is 9.90. The van der Waals surface area contributed by atoms with Gasteiger partial charge in [0.15, 0.2) is 12.1 Å². The van der Waals surface area contributed by atoms with Gasteiger partial charge in [0.2, 0.25) is 0 Å². The number of nitrogens with two attached hydrogens (primary N) is 1. The minimum absolute atomic E-state index is 0. The number of esters is 1. The highest BCUT2D eigenvalue weighted by atomic mass is 35.5. The van der Waals surface area contributed by atoms with Gasteiger partial charge in [-0.25, -0.2) is 4.79 Å². The molecule has 1 aromatic heterocycles. The predicted octanol–water partition coefficient (Wildman–Crippen LogP) is -1.07. The summed E-state index contributed by atoms with van der Waals surface area (Å²) in [6.07, 6.45) is 0.650. The van der Waals surface area contributed by atoms with E-state index in [4.69, 9.17) is 9.47 Å². The zero-order valence-electron chi connectivity index (χ0n) is 14.7. The maximum atomic E-state index is 12.3. The second-order valence-corrected chi connectivity index (χ2v) is 6.31. The van der Waals surface area contributed by atoms with E-state index in [2.05, 4.69) is 28.5 Å². The molecule has 2 atom stereocenters. The number of methoxy groups -OCH3 is 2. The van der Waals surface area contributed by atoms with Crippen molar-refractivity contribution < 1.29 is 32.0 Å². The fourth-order valence-electron chi connectivity index (χ4n) is 3.82. The van der Waals surface area contributed by atoms with Gasteiger partial charge in [-0.15, -0.1) is 0 Å². The number of fused-ring (bicyclic) bond motifs is 3. The third kappa shape index (κ3) is 2.93. The van der Waals surface area contributed by atoms with E-state index in [9.17, 15) is 4.79 Å². The number of quaternary nitrogens is 1. The number of ether oxygens (including phenoxy) is 2. The van der Waals surface area contributed by atoms with Crippen LogP contribution in [-0.4, -0.2) is 31.2 Å². The Kier molecular flexibility index (Phi) is 5.20. The molecule has 3 aromatic rings. The van der Waals surface area contributed by atoms with E-state index < -0.39 is 0 Å². The van der Waals surface area contributed by atoms with Crippen molar-refractivity contribution in [2.24, 2.45) is 0 Å². The fourth-order valence-corrected chi connectivity index (χ4v) is 3.82. The fraction of sp³-hybridized carbons (Fsp3) is 0.250. The third-order valence-corrected chi connectivity index (χ3v) is 4.98. The molecule has 0 saturated heterocycles. The van der Waals surface area contributed by atoms with Crippen molar-refractivity contribution in [3.8, 4) is 5.75 Å². The van der Waals surface area contributed by atoms with Gasteiger partial charge in [-0.2, -0.15) is 0 Å². The molecule has 1 aliphatic rings. The number of hydrogen-bond acceptors (Lipinski definition) is 3. The lowest BCUT2D eigenvalue weighted by molar-refractivity contribution is -0.712. The van der Waals surface area contributed by atoms with E-state index in [1.807, 2.05) is 30.3 Å². The first-order valence-electron chi connectivity index (χ1n) is 8.38. The topological polar surface area (TPSA) is 67.9 Å². The lowest BCUT2D eigenvalue weighted by Gasteiger charge is -2.27. The summed E-state index contributed by atoms with van der Waals surface area (Å²) in [4.78, 5) is 15.8. The van der Waals surface area contributed by atoms with Gasteiger partial charge >= 0.3 is 5.97 Å². The van der Waals surface area contributed by atoms with Crippen LogP contribution >= 0.6 is 0 Å². The second-order valence-electron chi connectivity index (χ2n) is 6.31. The smallest absolute Gasteiger partial charge is 0.364 e. The number of benzene rings is 2. The van der Waals surface area contributed by atoms with Crippen LogP contribution in [0.5, 0.6) is 5.75 Å². The number of H-pyrrole nitrogens is 1. The molecule has 2 unspecified atom stereocenters. The summed E-state index contributed by atoms with van der Waals surface area (Å²) in [5.41, 5.74) is 4.45. The number of para-hydroxylation sites is 2. The van der Waals surface area contributed by atoms with Crippen molar-refractivity contribution in [1.29, 1.82) is 0 Å². The van der Waals surface area contributed by atoms with Crippen LogP contribution in [0.4, 0.5) is 0 Å². The lowest BCUT2D eigenvalue weighted by Crippen LogP contribution is -3.00. The molecule has 2 aromatic carbocycles. The average molecular weight is 373 g/mol. The molecule has 1 aliphatic heterocycles. The Morgan fingerprint density at radius 2 is 1.85 bits per heavy atom. The molecule has 0 fully saturated rings. The maximum Gasteiger partial charge on any atom is 0.364 e. The van der Waals surface area contributed by atoms with Gasteiger partial charge in [0.1, 0.15) is 5.75 Å². The molecule has 26 heavy (non-hydrogen) atoms. The normalized spacial score (nSPS) is 18.7. The average Bonchev–Trinajstić information content (AvgIpc) is 3.05. The minimum Gasteiger partial charge on any atom is -1.00 e. The zero-order chi connectivity index (χ0) is 17.4. The summed E-state index contributed by atoms with van der Waals surface area (Å²) >= 11 is 0. The number of rotatable bonds is 3. The zero-order valence-corrected chi connectivity index (χ0v) is 15.4. The Hall–Kier alpha value is -2.50. The first kappa shape index (κ1) is 18.3. The molecule has 136 valence electrons. The molecule has 5 nitrogen and oxygen atoms in total. The van der Waals surface area contributed by atoms with Crippen molar-refractivity contribution in [2.75, 3.05) is 14.2 Å². The van der Waals surface area contributed by atoms with Crippen molar-refractivity contribution in [3.05, 3.63) is 65.4 Å². The molecule has 0 radical (unpaired) electrons. The van der Waals surface area contributed by atoms with Crippen LogP contribution in [0.1, 0.15) is 22.9 Å². The van der Waals surface area contributed by atoms with Gasteiger partial charge in [-0.1, -0.05) is 30.3 Å². The van der Waals surface area contributed by atoms with Gasteiger partial charge in [0.05, 0.1) is 25.5 Å². The largest absolute Gasteiger partial charge is 1.00 e. The van der Waals surface area contributed by atoms with E-state index in [1.165, 1.54) is 18.1 Å². The van der Waals surface area contributed by atoms with Crippen LogP contribution in [0.2, 0.25) is 0 Å². The van der Waals surface area contributed by atoms with Gasteiger partial charge in [-0.05, 0) is 23.8 Å². The quantitative estimate of drug-likeness (QED) is 0.575. The molecule has 0 bridgehead atoms. The Bertz CT molecular complexity index is 938. The summed E-state index contributed by atoms with van der Waals surface area (Å²) < 4.78 is 10.6. The summed E-state index contributed by atoms with van der Waals surface area (Å²) in [5, 5.41) is 3.24. The molecule has 0 amide bonds. The van der Waals surface area contributed by atoms with E-state index in [-0.39, 0.29) is 30.5 Å². The molecule has 2 heterocycles. The summed E-state index contributed by atoms with van der Waals surface area (Å²) in [6.45, 7) is 0. The summed E-state index contributed by atoms with van der Waals surface area (Å²) in [6, 6.07) is 15.9. The number of carbonyl (C=O) groups excluding carboxylic acids is 1. The molecule has 0 spiro atoms. The first-order valence-corrected chi connectivity index (χ1v) is 8.38. The standard InChI is InChI=1S/C20H20N2O3.ClH/c1-24-17-10-6-4-8-13(17)18-19-14(11-16(22-18)20(23)25-2)12-7-3-5-9-15(12)21-19;/h3-10,16,18,21-22H,11H2,1-2H3;1H. The number of aromatic amines is 1. The predicted molar refractivity (Wildman–Crippen MR) is 94.6 cm³/mol. The summed E-state index contributed by atoms with van der Waals surface area (Å²) in [7, 11) is 3.12. The number of aromatic nitrogens is 1. The van der Waals surface area contributed by atoms with Crippen molar-refractivity contribution >= 4 is 16.9 Å². The van der Waals surface area contributed by atoms with Crippen LogP contribution in [0.25, 0.3) is 10.9 Å². The van der Waals surface area contributed by atoms with E-state index in [0.29, 0.717) is 6.42 Å². The highest BCUT2D eigenvalue weighted by molar-refractivity contribution is 5.86. The van der Waals surface area contributed by atoms with Crippen molar-refractivity contribution in [1.82, 2.24) is 4.98 Å². The van der Waals surface area contributed by atoms with Gasteiger partial charge in [-0.3, -0.25) is 0 Å².